The molecule has 0 saturated carbocycles. The summed E-state index contributed by atoms with van der Waals surface area (Å²) in [6, 6.07) is 17.9. The van der Waals surface area contributed by atoms with Crippen LogP contribution < -0.4 is 0 Å². The molecule has 174 valence electrons. The lowest BCUT2D eigenvalue weighted by Gasteiger charge is -2.40. The van der Waals surface area contributed by atoms with E-state index in [2.05, 4.69) is 116 Å². The van der Waals surface area contributed by atoms with E-state index in [9.17, 15) is 0 Å². The van der Waals surface area contributed by atoms with Crippen LogP contribution in [0.3, 0.4) is 0 Å². The van der Waals surface area contributed by atoms with Crippen LogP contribution in [0.2, 0.25) is 13.1 Å². The monoisotopic (exact) mass is 462 g/mol. The van der Waals surface area contributed by atoms with Gasteiger partial charge in [0.15, 0.2) is 0 Å². The molecule has 2 unspecified atom stereocenters. The van der Waals surface area contributed by atoms with E-state index in [4.69, 9.17) is 0 Å². The summed E-state index contributed by atoms with van der Waals surface area (Å²) in [7, 11) is -1.85. The predicted octanol–water partition coefficient (Wildman–Crippen LogP) is 9.47. The number of hydrogen-bond acceptors (Lipinski definition) is 0. The van der Waals surface area contributed by atoms with E-state index in [0.717, 1.165) is 0 Å². The molecule has 0 bridgehead atoms. The first-order chi connectivity index (χ1) is 16.1. The highest BCUT2D eigenvalue weighted by Crippen LogP contribution is 2.56. The van der Waals surface area contributed by atoms with Crippen LogP contribution >= 0.6 is 0 Å². The van der Waals surface area contributed by atoms with Gasteiger partial charge in [0.2, 0.25) is 0 Å². The summed E-state index contributed by atoms with van der Waals surface area (Å²) in [5.41, 5.74) is 20.6. The molecule has 2 atom stereocenters. The minimum atomic E-state index is -1.85. The van der Waals surface area contributed by atoms with Crippen molar-refractivity contribution in [1.82, 2.24) is 0 Å². The predicted molar refractivity (Wildman–Crippen MR) is 152 cm³/mol. The summed E-state index contributed by atoms with van der Waals surface area (Å²) >= 11 is 0. The van der Waals surface area contributed by atoms with Crippen LogP contribution in [0.15, 0.2) is 59.7 Å². The van der Waals surface area contributed by atoms with E-state index >= 15 is 0 Å². The summed E-state index contributed by atoms with van der Waals surface area (Å²) in [5.74, 6) is 0. The lowest BCUT2D eigenvalue weighted by Crippen LogP contribution is -2.42. The molecule has 0 aromatic heterocycles. The van der Waals surface area contributed by atoms with Crippen molar-refractivity contribution in [2.45, 2.75) is 72.6 Å². The topological polar surface area (TPSA) is 0 Å². The summed E-state index contributed by atoms with van der Waals surface area (Å²) in [6.45, 7) is 21.8. The second-order valence-corrected chi connectivity index (χ2v) is 16.1. The Labute approximate surface area is 207 Å². The van der Waals surface area contributed by atoms with Gasteiger partial charge in [0.05, 0.1) is 8.07 Å². The highest BCUT2D eigenvalue weighted by atomic mass is 28.3. The molecule has 3 aromatic carbocycles. The van der Waals surface area contributed by atoms with Crippen molar-refractivity contribution in [3.05, 3.63) is 104 Å². The van der Waals surface area contributed by atoms with Crippen molar-refractivity contribution in [3.8, 4) is 11.1 Å². The summed E-state index contributed by atoms with van der Waals surface area (Å²) < 4.78 is 0. The first kappa shape index (κ1) is 23.1. The molecule has 0 saturated heterocycles. The molecule has 0 N–H and O–H groups in total. The highest BCUT2D eigenvalue weighted by Gasteiger charge is 2.48. The molecule has 0 spiro atoms. The van der Waals surface area contributed by atoms with Gasteiger partial charge in [-0.2, -0.15) is 0 Å². The molecule has 0 amide bonds. The molecular formula is C33H38Si. The molecule has 3 aromatic rings. The standard InChI is InChI=1S/C33H38Si/c1-19-18-29-27(26-14-11-10-12-15-26)16-13-17-28(29)32(19)34(8,9)33-25(7)24(6)30-22(4)20(2)21(3)23(5)31(30)33/h10-18,32-33H,1-9H3. The average Bonchev–Trinajstić information content (AvgIpc) is 3.30. The quantitative estimate of drug-likeness (QED) is 0.340. The third kappa shape index (κ3) is 3.09. The molecule has 2 aliphatic carbocycles. The summed E-state index contributed by atoms with van der Waals surface area (Å²) in [5, 5.41) is 0. The van der Waals surface area contributed by atoms with Crippen molar-refractivity contribution in [3.63, 3.8) is 0 Å². The highest BCUT2D eigenvalue weighted by molar-refractivity contribution is 6.81. The fraction of sp³-hybridized carbons (Fsp3) is 0.333. The van der Waals surface area contributed by atoms with Crippen LogP contribution in [0.4, 0.5) is 0 Å². The first-order valence-electron chi connectivity index (χ1n) is 12.7. The Morgan fingerprint density at radius 1 is 0.647 bits per heavy atom. The van der Waals surface area contributed by atoms with E-state index in [-0.39, 0.29) is 0 Å². The first-order valence-corrected chi connectivity index (χ1v) is 15.9. The van der Waals surface area contributed by atoms with Crippen LogP contribution in [0.1, 0.15) is 76.4 Å². The van der Waals surface area contributed by atoms with Gasteiger partial charge in [-0.3, -0.25) is 0 Å². The molecule has 0 aliphatic heterocycles. The molecule has 2 aliphatic rings. The zero-order chi connectivity index (χ0) is 24.5. The molecular weight excluding hydrogens is 424 g/mol. The Morgan fingerprint density at radius 2 is 1.29 bits per heavy atom. The van der Waals surface area contributed by atoms with E-state index in [1.807, 2.05) is 0 Å². The number of hydrogen-bond donors (Lipinski definition) is 0. The maximum atomic E-state index is 2.65. The van der Waals surface area contributed by atoms with E-state index in [1.165, 1.54) is 44.5 Å². The molecule has 1 heteroatoms. The van der Waals surface area contributed by atoms with Gasteiger partial charge in [-0.15, -0.1) is 0 Å². The Bertz CT molecular complexity index is 1380. The number of rotatable bonds is 3. The van der Waals surface area contributed by atoms with Gasteiger partial charge in [-0.05, 0) is 110 Å². The van der Waals surface area contributed by atoms with Crippen LogP contribution in [0.25, 0.3) is 22.8 Å². The van der Waals surface area contributed by atoms with Crippen molar-refractivity contribution < 1.29 is 0 Å². The largest absolute Gasteiger partial charge is 0.0722 e. The van der Waals surface area contributed by atoms with Gasteiger partial charge < -0.3 is 0 Å². The molecule has 0 radical (unpaired) electrons. The van der Waals surface area contributed by atoms with Crippen molar-refractivity contribution >= 4 is 19.7 Å². The fourth-order valence-corrected chi connectivity index (χ4v) is 12.4. The van der Waals surface area contributed by atoms with Crippen LogP contribution in [0.5, 0.6) is 0 Å². The number of fused-ring (bicyclic) bond motifs is 2. The summed E-state index contributed by atoms with van der Waals surface area (Å²) in [4.78, 5) is 0. The maximum Gasteiger partial charge on any atom is 0.0722 e. The maximum absolute atomic E-state index is 2.65. The Morgan fingerprint density at radius 3 is 1.97 bits per heavy atom. The smallest absolute Gasteiger partial charge is 0.0679 e. The minimum Gasteiger partial charge on any atom is -0.0679 e. The van der Waals surface area contributed by atoms with Gasteiger partial charge in [0.1, 0.15) is 0 Å². The van der Waals surface area contributed by atoms with Crippen molar-refractivity contribution in [2.24, 2.45) is 0 Å². The zero-order valence-corrected chi connectivity index (χ0v) is 23.4. The molecule has 0 fully saturated rings. The van der Waals surface area contributed by atoms with E-state index < -0.39 is 8.07 Å². The number of allylic oxidation sites excluding steroid dienone is 3. The second kappa shape index (κ2) is 7.95. The molecule has 0 nitrogen and oxygen atoms in total. The Hall–Kier alpha value is -2.64. The van der Waals surface area contributed by atoms with Gasteiger partial charge >= 0.3 is 0 Å². The van der Waals surface area contributed by atoms with Crippen LogP contribution in [-0.2, 0) is 0 Å². The van der Waals surface area contributed by atoms with Gasteiger partial charge in [0.25, 0.3) is 0 Å². The number of benzene rings is 3. The van der Waals surface area contributed by atoms with Gasteiger partial charge in [-0.1, -0.05) is 78.8 Å². The molecule has 0 heterocycles. The fourth-order valence-electron chi connectivity index (χ4n) is 7.32. The Kier molecular flexibility index (Phi) is 5.41. The van der Waals surface area contributed by atoms with Gasteiger partial charge in [0, 0.05) is 11.1 Å². The average molecular weight is 463 g/mol. The lowest BCUT2D eigenvalue weighted by atomic mass is 9.88. The van der Waals surface area contributed by atoms with Crippen molar-refractivity contribution in [1.29, 1.82) is 0 Å². The van der Waals surface area contributed by atoms with E-state index in [0.29, 0.717) is 11.1 Å². The van der Waals surface area contributed by atoms with Crippen LogP contribution in [0, 0.1) is 27.7 Å². The lowest BCUT2D eigenvalue weighted by molar-refractivity contribution is 0.954. The van der Waals surface area contributed by atoms with Crippen LogP contribution in [-0.4, -0.2) is 8.07 Å². The van der Waals surface area contributed by atoms with Gasteiger partial charge in [-0.25, -0.2) is 0 Å². The minimum absolute atomic E-state index is 0.533. The third-order valence-electron chi connectivity index (χ3n) is 9.28. The second-order valence-electron chi connectivity index (χ2n) is 11.3. The third-order valence-corrected chi connectivity index (χ3v) is 13.7. The normalized spacial score (nSPS) is 19.4. The van der Waals surface area contributed by atoms with Crippen molar-refractivity contribution in [2.75, 3.05) is 0 Å². The molecule has 34 heavy (non-hydrogen) atoms. The zero-order valence-electron chi connectivity index (χ0n) is 22.4. The SMILES string of the molecule is CC1=Cc2c(-c3ccccc3)cccc2C1[Si](C)(C)C1C(C)=C(C)c2c(C)c(C)c(C)c(C)c21. The summed E-state index contributed by atoms with van der Waals surface area (Å²) in [6.07, 6.45) is 2.50. The van der Waals surface area contributed by atoms with E-state index in [1.54, 1.807) is 27.8 Å². The Balaban J connectivity index is 1.70. The molecule has 5 rings (SSSR count).